The maximum absolute atomic E-state index is 12.6. The number of piperidine rings is 1. The Morgan fingerprint density at radius 3 is 2.41 bits per heavy atom. The molecule has 1 aliphatic heterocycles. The van der Waals surface area contributed by atoms with Crippen LogP contribution in [-0.4, -0.2) is 46.3 Å². The predicted octanol–water partition coefficient (Wildman–Crippen LogP) is 2.08. The highest BCUT2D eigenvalue weighted by molar-refractivity contribution is 6.02. The monoisotopic (exact) mass is 371 g/mol. The van der Waals surface area contributed by atoms with Crippen LogP contribution in [0.4, 0.5) is 0 Å². The van der Waals surface area contributed by atoms with Gasteiger partial charge in [-0.15, -0.1) is 0 Å². The van der Waals surface area contributed by atoms with Gasteiger partial charge >= 0.3 is 5.97 Å². The van der Waals surface area contributed by atoms with Crippen LogP contribution in [0.1, 0.15) is 37.7 Å². The van der Waals surface area contributed by atoms with E-state index in [0.717, 1.165) is 6.42 Å². The van der Waals surface area contributed by atoms with Gasteiger partial charge in [-0.3, -0.25) is 9.59 Å². The zero-order valence-electron chi connectivity index (χ0n) is 16.0. The number of carbonyl (C=O) groups excluding carboxylic acids is 2. The first-order chi connectivity index (χ1) is 12.9. The van der Waals surface area contributed by atoms with Crippen LogP contribution in [0.25, 0.3) is 10.8 Å². The van der Waals surface area contributed by atoms with Gasteiger partial charge < -0.3 is 9.64 Å². The van der Waals surface area contributed by atoms with E-state index in [1.807, 2.05) is 0 Å². The standard InChI is InChI=1S/C20H25N3O4/c1-4-23-19(25)16-8-6-5-7-15(16)18(21-23)20(26)27-12-17(24)22-10-13(2)9-14(3)11-22/h5-8,13-14H,4,9-12H2,1-3H3/t13-,14-/m0/s1. The van der Waals surface area contributed by atoms with E-state index in [4.69, 9.17) is 4.74 Å². The van der Waals surface area contributed by atoms with Gasteiger partial charge in [-0.25, -0.2) is 9.48 Å². The van der Waals surface area contributed by atoms with Gasteiger partial charge in [0.05, 0.1) is 5.39 Å². The van der Waals surface area contributed by atoms with Gasteiger partial charge in [0.2, 0.25) is 0 Å². The molecule has 1 saturated heterocycles. The van der Waals surface area contributed by atoms with Gasteiger partial charge in [0.1, 0.15) is 0 Å². The Kier molecular flexibility index (Phi) is 5.58. The van der Waals surface area contributed by atoms with E-state index in [1.54, 1.807) is 36.1 Å². The van der Waals surface area contributed by atoms with Gasteiger partial charge in [-0.1, -0.05) is 32.0 Å². The summed E-state index contributed by atoms with van der Waals surface area (Å²) in [5.41, 5.74) is -0.197. The van der Waals surface area contributed by atoms with E-state index < -0.39 is 5.97 Å². The van der Waals surface area contributed by atoms with Crippen molar-refractivity contribution in [1.29, 1.82) is 0 Å². The Bertz CT molecular complexity index is 911. The van der Waals surface area contributed by atoms with E-state index in [1.165, 1.54) is 4.68 Å². The van der Waals surface area contributed by atoms with Crippen molar-refractivity contribution in [3.63, 3.8) is 0 Å². The molecule has 2 atom stereocenters. The van der Waals surface area contributed by atoms with Crippen molar-refractivity contribution in [2.75, 3.05) is 19.7 Å². The van der Waals surface area contributed by atoms with Crippen LogP contribution in [0.2, 0.25) is 0 Å². The molecule has 7 heteroatoms. The van der Waals surface area contributed by atoms with Gasteiger partial charge in [0.25, 0.3) is 11.5 Å². The molecule has 0 saturated carbocycles. The van der Waals surface area contributed by atoms with Crippen LogP contribution in [0, 0.1) is 11.8 Å². The molecule has 27 heavy (non-hydrogen) atoms. The molecular formula is C20H25N3O4. The van der Waals surface area contributed by atoms with Crippen LogP contribution >= 0.6 is 0 Å². The molecule has 0 N–H and O–H groups in total. The maximum atomic E-state index is 12.6. The molecule has 1 amide bonds. The Balaban J connectivity index is 1.78. The summed E-state index contributed by atoms with van der Waals surface area (Å²) < 4.78 is 6.48. The maximum Gasteiger partial charge on any atom is 0.359 e. The number of aromatic nitrogens is 2. The number of nitrogens with zero attached hydrogens (tertiary/aromatic N) is 3. The van der Waals surface area contributed by atoms with E-state index in [-0.39, 0.29) is 23.8 Å². The van der Waals surface area contributed by atoms with Crippen LogP contribution in [-0.2, 0) is 16.1 Å². The lowest BCUT2D eigenvalue weighted by atomic mass is 9.92. The van der Waals surface area contributed by atoms with Crippen LogP contribution in [0.15, 0.2) is 29.1 Å². The molecule has 0 radical (unpaired) electrons. The number of hydrogen-bond acceptors (Lipinski definition) is 5. The number of esters is 1. The molecule has 1 aliphatic rings. The largest absolute Gasteiger partial charge is 0.451 e. The molecular weight excluding hydrogens is 346 g/mol. The average Bonchev–Trinajstić information content (AvgIpc) is 2.65. The number of carbonyl (C=O) groups is 2. The quantitative estimate of drug-likeness (QED) is 0.769. The zero-order chi connectivity index (χ0) is 19.6. The first-order valence-corrected chi connectivity index (χ1v) is 9.35. The van der Waals surface area contributed by atoms with Crippen molar-refractivity contribution in [3.8, 4) is 0 Å². The molecule has 0 unspecified atom stereocenters. The molecule has 144 valence electrons. The highest BCUT2D eigenvalue weighted by Crippen LogP contribution is 2.21. The third-order valence-corrected chi connectivity index (χ3v) is 4.91. The number of ether oxygens (including phenoxy) is 1. The van der Waals surface area contributed by atoms with Crippen molar-refractivity contribution in [1.82, 2.24) is 14.7 Å². The minimum Gasteiger partial charge on any atom is -0.451 e. The summed E-state index contributed by atoms with van der Waals surface area (Å²) >= 11 is 0. The summed E-state index contributed by atoms with van der Waals surface area (Å²) in [5.74, 6) is -0.0195. The third-order valence-electron chi connectivity index (χ3n) is 4.91. The number of benzene rings is 1. The second-order valence-electron chi connectivity index (χ2n) is 7.34. The van der Waals surface area contributed by atoms with Gasteiger partial charge in [0.15, 0.2) is 12.3 Å². The molecule has 2 heterocycles. The lowest BCUT2D eigenvalue weighted by molar-refractivity contribution is -0.137. The topological polar surface area (TPSA) is 81.5 Å². The number of hydrogen-bond donors (Lipinski definition) is 0. The number of amides is 1. The third kappa shape index (κ3) is 4.02. The Morgan fingerprint density at radius 1 is 1.15 bits per heavy atom. The molecule has 3 rings (SSSR count). The highest BCUT2D eigenvalue weighted by atomic mass is 16.5. The van der Waals surface area contributed by atoms with Crippen molar-refractivity contribution < 1.29 is 14.3 Å². The van der Waals surface area contributed by atoms with Crippen LogP contribution in [0.5, 0.6) is 0 Å². The number of likely N-dealkylation sites (tertiary alicyclic amines) is 1. The normalized spacial score (nSPS) is 19.9. The molecule has 0 spiro atoms. The SMILES string of the molecule is CCn1nc(C(=O)OCC(=O)N2C[C@@H](C)C[C@H](C)C2)c2ccccc2c1=O. The Morgan fingerprint density at radius 2 is 1.78 bits per heavy atom. The summed E-state index contributed by atoms with van der Waals surface area (Å²) in [6, 6.07) is 6.79. The molecule has 2 aromatic rings. The zero-order valence-corrected chi connectivity index (χ0v) is 16.0. The van der Waals surface area contributed by atoms with E-state index in [2.05, 4.69) is 18.9 Å². The summed E-state index contributed by atoms with van der Waals surface area (Å²) in [6.45, 7) is 7.40. The first kappa shape index (κ1) is 19.1. The lowest BCUT2D eigenvalue weighted by Gasteiger charge is -2.34. The fourth-order valence-corrected chi connectivity index (χ4v) is 3.75. The van der Waals surface area contributed by atoms with E-state index in [0.29, 0.717) is 42.2 Å². The number of aryl methyl sites for hydroxylation is 1. The summed E-state index contributed by atoms with van der Waals surface area (Å²) in [4.78, 5) is 39.1. The molecule has 1 aromatic carbocycles. The Labute approximate surface area is 157 Å². The van der Waals surface area contributed by atoms with E-state index >= 15 is 0 Å². The molecule has 1 fully saturated rings. The van der Waals surface area contributed by atoms with Crippen molar-refractivity contribution in [2.45, 2.75) is 33.7 Å². The summed E-state index contributed by atoms with van der Waals surface area (Å²) in [6.07, 6.45) is 1.10. The fourth-order valence-electron chi connectivity index (χ4n) is 3.75. The van der Waals surface area contributed by atoms with E-state index in [9.17, 15) is 14.4 Å². The highest BCUT2D eigenvalue weighted by Gasteiger charge is 2.26. The van der Waals surface area contributed by atoms with Crippen LogP contribution in [0.3, 0.4) is 0 Å². The Hall–Kier alpha value is -2.70. The average molecular weight is 371 g/mol. The smallest absolute Gasteiger partial charge is 0.359 e. The molecule has 1 aromatic heterocycles. The summed E-state index contributed by atoms with van der Waals surface area (Å²) in [7, 11) is 0. The lowest BCUT2D eigenvalue weighted by Crippen LogP contribution is -2.44. The predicted molar refractivity (Wildman–Crippen MR) is 101 cm³/mol. The molecule has 0 bridgehead atoms. The van der Waals surface area contributed by atoms with Crippen molar-refractivity contribution in [2.24, 2.45) is 11.8 Å². The summed E-state index contributed by atoms with van der Waals surface area (Å²) in [5, 5.41) is 4.98. The minimum atomic E-state index is -0.695. The number of fused-ring (bicyclic) bond motifs is 1. The van der Waals surface area contributed by atoms with Gasteiger partial charge in [-0.2, -0.15) is 5.10 Å². The fraction of sp³-hybridized carbons (Fsp3) is 0.500. The van der Waals surface area contributed by atoms with Crippen LogP contribution < -0.4 is 5.56 Å². The molecule has 0 aliphatic carbocycles. The first-order valence-electron chi connectivity index (χ1n) is 9.35. The second kappa shape index (κ2) is 7.90. The molecule has 7 nitrogen and oxygen atoms in total. The number of rotatable bonds is 4. The second-order valence-corrected chi connectivity index (χ2v) is 7.34. The minimum absolute atomic E-state index is 0.0558. The van der Waals surface area contributed by atoms with Gasteiger partial charge in [0, 0.05) is 25.0 Å². The van der Waals surface area contributed by atoms with Crippen molar-refractivity contribution >= 4 is 22.6 Å². The van der Waals surface area contributed by atoms with Gasteiger partial charge in [-0.05, 0) is 31.2 Å². The van der Waals surface area contributed by atoms with Crippen molar-refractivity contribution in [3.05, 3.63) is 40.3 Å².